The van der Waals surface area contributed by atoms with Gasteiger partial charge in [0, 0.05) is 47.9 Å². The van der Waals surface area contributed by atoms with Crippen molar-refractivity contribution in [3.8, 4) is 28.1 Å². The molecule has 0 saturated carbocycles. The second-order valence-electron chi connectivity index (χ2n) is 9.61. The van der Waals surface area contributed by atoms with E-state index in [1.54, 1.807) is 18.5 Å². The number of carbonyl (C=O) groups is 1. The molecule has 0 aliphatic carbocycles. The summed E-state index contributed by atoms with van der Waals surface area (Å²) in [7, 11) is -0.705. The van der Waals surface area contributed by atoms with Gasteiger partial charge in [-0.25, -0.2) is 17.8 Å². The summed E-state index contributed by atoms with van der Waals surface area (Å²) >= 11 is 0. The number of carbonyl (C=O) groups excluding carboxylic acids is 1. The van der Waals surface area contributed by atoms with E-state index in [-0.39, 0.29) is 11.3 Å². The van der Waals surface area contributed by atoms with Crippen LogP contribution >= 0.6 is 0 Å². The molecule has 0 unspecified atom stereocenters. The maximum Gasteiger partial charge on any atom is 0.255 e. The molecular formula is C31H25FN4O4S. The number of furan rings is 1. The van der Waals surface area contributed by atoms with Crippen molar-refractivity contribution in [2.24, 2.45) is 0 Å². The standard InChI is InChI=1S/C31H25FN4O4S/c1-33-31(37)28-24-16-23(22-10-7-11-25-29(22)34-18-36(25)21-8-5-4-6-9-21)26(35(2)41(3,38)39)17-27(24)40-30(28)19-12-14-20(32)15-13-19/h4-18H,1-3H3,(H,33,37). The summed E-state index contributed by atoms with van der Waals surface area (Å²) in [5.41, 5.74) is 5.05. The van der Waals surface area contributed by atoms with Gasteiger partial charge in [-0.3, -0.25) is 13.7 Å². The van der Waals surface area contributed by atoms with E-state index in [2.05, 4.69) is 5.32 Å². The molecule has 4 aromatic carbocycles. The molecular weight excluding hydrogens is 543 g/mol. The number of halogens is 1. The number of nitrogens with zero attached hydrogens (tertiary/aromatic N) is 3. The van der Waals surface area contributed by atoms with Crippen molar-refractivity contribution in [3.05, 3.63) is 103 Å². The number of sulfonamides is 1. The van der Waals surface area contributed by atoms with Crippen LogP contribution < -0.4 is 9.62 Å². The third kappa shape index (κ3) is 4.52. The molecule has 10 heteroatoms. The van der Waals surface area contributed by atoms with E-state index in [4.69, 9.17) is 9.40 Å². The summed E-state index contributed by atoms with van der Waals surface area (Å²) in [6.45, 7) is 0. The quantitative estimate of drug-likeness (QED) is 0.266. The number of para-hydroxylation sites is 2. The number of fused-ring (bicyclic) bond motifs is 2. The van der Waals surface area contributed by atoms with Gasteiger partial charge in [-0.05, 0) is 48.5 Å². The Morgan fingerprint density at radius 3 is 2.39 bits per heavy atom. The Hall–Kier alpha value is -4.96. The number of rotatable bonds is 6. The Bertz CT molecular complexity index is 2050. The van der Waals surface area contributed by atoms with Crippen molar-refractivity contribution in [3.63, 3.8) is 0 Å². The van der Waals surface area contributed by atoms with Crippen LogP contribution in [0.2, 0.25) is 0 Å². The lowest BCUT2D eigenvalue weighted by Gasteiger charge is -2.21. The maximum atomic E-state index is 13.7. The van der Waals surface area contributed by atoms with Crippen molar-refractivity contribution in [1.82, 2.24) is 14.9 Å². The minimum Gasteiger partial charge on any atom is -0.455 e. The van der Waals surface area contributed by atoms with Crippen LogP contribution in [0.4, 0.5) is 10.1 Å². The maximum absolute atomic E-state index is 13.7. The molecule has 0 aliphatic rings. The van der Waals surface area contributed by atoms with Crippen LogP contribution in [-0.2, 0) is 10.0 Å². The van der Waals surface area contributed by atoms with Crippen LogP contribution in [-0.4, -0.2) is 44.2 Å². The Balaban J connectivity index is 1.67. The Kier molecular flexibility index (Phi) is 6.34. The average Bonchev–Trinajstić information content (AvgIpc) is 3.58. The van der Waals surface area contributed by atoms with E-state index >= 15 is 0 Å². The summed E-state index contributed by atoms with van der Waals surface area (Å²) in [6, 6.07) is 24.4. The van der Waals surface area contributed by atoms with Gasteiger partial charge in [0.15, 0.2) is 0 Å². The molecule has 0 bridgehead atoms. The molecule has 1 N–H and O–H groups in total. The molecule has 6 rings (SSSR count). The predicted octanol–water partition coefficient (Wildman–Crippen LogP) is 6.00. The van der Waals surface area contributed by atoms with Crippen molar-refractivity contribution in [2.75, 3.05) is 24.7 Å². The second kappa shape index (κ2) is 9.90. The smallest absolute Gasteiger partial charge is 0.255 e. The minimum atomic E-state index is -3.68. The van der Waals surface area contributed by atoms with Gasteiger partial charge in [-0.2, -0.15) is 0 Å². The fraction of sp³-hybridized carbons (Fsp3) is 0.0968. The lowest BCUT2D eigenvalue weighted by atomic mass is 9.97. The third-order valence-corrected chi connectivity index (χ3v) is 8.30. The van der Waals surface area contributed by atoms with Crippen molar-refractivity contribution in [2.45, 2.75) is 0 Å². The number of benzene rings is 4. The van der Waals surface area contributed by atoms with E-state index in [9.17, 15) is 17.6 Å². The molecule has 1 amide bonds. The first kappa shape index (κ1) is 26.3. The topological polar surface area (TPSA) is 97.4 Å². The lowest BCUT2D eigenvalue weighted by molar-refractivity contribution is 0.0964. The van der Waals surface area contributed by atoms with Crippen molar-refractivity contribution >= 4 is 43.6 Å². The molecule has 0 spiro atoms. The molecule has 0 aliphatic heterocycles. The summed E-state index contributed by atoms with van der Waals surface area (Å²) in [6.07, 6.45) is 2.84. The molecule has 2 heterocycles. The molecule has 0 radical (unpaired) electrons. The first-order valence-electron chi connectivity index (χ1n) is 12.7. The molecule has 6 aromatic rings. The third-order valence-electron chi connectivity index (χ3n) is 7.10. The van der Waals surface area contributed by atoms with Crippen LogP contribution in [0, 0.1) is 5.82 Å². The number of imidazole rings is 1. The molecule has 41 heavy (non-hydrogen) atoms. The zero-order valence-electron chi connectivity index (χ0n) is 22.4. The Labute approximate surface area is 235 Å². The SMILES string of the molecule is CNC(=O)c1c(-c2ccc(F)cc2)oc2cc(N(C)S(C)(=O)=O)c(-c3cccc4c3ncn4-c3ccccc3)cc12. The molecule has 206 valence electrons. The summed E-state index contributed by atoms with van der Waals surface area (Å²) < 4.78 is 48.5. The highest BCUT2D eigenvalue weighted by Gasteiger charge is 2.27. The number of hydrogen-bond acceptors (Lipinski definition) is 5. The van der Waals surface area contributed by atoms with Crippen LogP contribution in [0.25, 0.3) is 50.1 Å². The number of nitrogens with one attached hydrogen (secondary N) is 1. The van der Waals surface area contributed by atoms with E-state index in [0.717, 1.165) is 17.5 Å². The van der Waals surface area contributed by atoms with Gasteiger partial charge in [0.1, 0.15) is 23.5 Å². The van der Waals surface area contributed by atoms with Gasteiger partial charge in [-0.15, -0.1) is 0 Å². The van der Waals surface area contributed by atoms with Crippen molar-refractivity contribution < 1.29 is 22.0 Å². The predicted molar refractivity (Wildman–Crippen MR) is 158 cm³/mol. The normalized spacial score (nSPS) is 11.7. The molecule has 8 nitrogen and oxygen atoms in total. The van der Waals surface area contributed by atoms with Crippen molar-refractivity contribution in [1.29, 1.82) is 0 Å². The van der Waals surface area contributed by atoms with Gasteiger partial charge in [0.25, 0.3) is 5.91 Å². The van der Waals surface area contributed by atoms with E-state index in [1.807, 2.05) is 53.1 Å². The first-order valence-corrected chi connectivity index (χ1v) is 14.6. The zero-order chi connectivity index (χ0) is 28.9. The van der Waals surface area contributed by atoms with Gasteiger partial charge < -0.3 is 9.73 Å². The summed E-state index contributed by atoms with van der Waals surface area (Å²) in [5, 5.41) is 3.13. The number of aromatic nitrogens is 2. The zero-order valence-corrected chi connectivity index (χ0v) is 23.2. The van der Waals surface area contributed by atoms with E-state index in [0.29, 0.717) is 38.9 Å². The monoisotopic (exact) mass is 568 g/mol. The average molecular weight is 569 g/mol. The minimum absolute atomic E-state index is 0.246. The van der Waals surface area contributed by atoms with Gasteiger partial charge >= 0.3 is 0 Å². The summed E-state index contributed by atoms with van der Waals surface area (Å²) in [5.74, 6) is -0.574. The second-order valence-corrected chi connectivity index (χ2v) is 11.6. The molecule has 0 fully saturated rings. The Morgan fingerprint density at radius 2 is 1.71 bits per heavy atom. The highest BCUT2D eigenvalue weighted by Crippen LogP contribution is 2.43. The highest BCUT2D eigenvalue weighted by atomic mass is 32.2. The fourth-order valence-electron chi connectivity index (χ4n) is 4.99. The van der Waals surface area contributed by atoms with E-state index < -0.39 is 21.7 Å². The summed E-state index contributed by atoms with van der Waals surface area (Å²) in [4.78, 5) is 17.9. The van der Waals surface area contributed by atoms with Crippen LogP contribution in [0.15, 0.2) is 95.7 Å². The molecule has 0 saturated heterocycles. The molecule has 2 aromatic heterocycles. The van der Waals surface area contributed by atoms with Crippen LogP contribution in [0.3, 0.4) is 0 Å². The number of hydrogen-bond donors (Lipinski definition) is 1. The van der Waals surface area contributed by atoms with E-state index in [1.165, 1.54) is 42.7 Å². The fourth-order valence-corrected chi connectivity index (χ4v) is 5.50. The van der Waals surface area contributed by atoms with Gasteiger partial charge in [0.05, 0.1) is 28.5 Å². The van der Waals surface area contributed by atoms with Crippen LogP contribution in [0.1, 0.15) is 10.4 Å². The van der Waals surface area contributed by atoms with Gasteiger partial charge in [0.2, 0.25) is 10.0 Å². The lowest BCUT2D eigenvalue weighted by Crippen LogP contribution is -2.25. The highest BCUT2D eigenvalue weighted by molar-refractivity contribution is 7.92. The molecule has 0 atom stereocenters. The van der Waals surface area contributed by atoms with Gasteiger partial charge in [-0.1, -0.05) is 30.3 Å². The first-order chi connectivity index (χ1) is 19.7. The number of amides is 1. The number of anilines is 1. The van der Waals surface area contributed by atoms with Crippen LogP contribution in [0.5, 0.6) is 0 Å². The Morgan fingerprint density at radius 1 is 0.976 bits per heavy atom. The largest absolute Gasteiger partial charge is 0.455 e.